The van der Waals surface area contributed by atoms with Crippen LogP contribution in [0.3, 0.4) is 0 Å². The Bertz CT molecular complexity index is 1140. The van der Waals surface area contributed by atoms with Crippen molar-refractivity contribution in [3.05, 3.63) is 48.0 Å². The summed E-state index contributed by atoms with van der Waals surface area (Å²) in [5.74, 6) is 0. The smallest absolute Gasteiger partial charge is 0.418 e. The Labute approximate surface area is 164 Å². The Balaban J connectivity index is 1.65. The minimum atomic E-state index is -4.55. The highest BCUT2D eigenvalue weighted by Crippen LogP contribution is 2.36. The number of hydrogen-bond acceptors (Lipinski definition) is 6. The Morgan fingerprint density at radius 3 is 2.52 bits per heavy atom. The number of nitrogens with one attached hydrogen (secondary N) is 1. The molecule has 0 aliphatic carbocycles. The van der Waals surface area contributed by atoms with Crippen molar-refractivity contribution in [2.75, 3.05) is 31.6 Å². The second kappa shape index (κ2) is 7.32. The highest BCUT2D eigenvalue weighted by Gasteiger charge is 2.33. The second-order valence-corrected chi connectivity index (χ2v) is 8.27. The van der Waals surface area contributed by atoms with Gasteiger partial charge < -0.3 is 14.5 Å². The number of ether oxygens (including phenoxy) is 1. The van der Waals surface area contributed by atoms with Gasteiger partial charge in [0.15, 0.2) is 5.58 Å². The summed E-state index contributed by atoms with van der Waals surface area (Å²) in [6.45, 7) is 1.14. The average molecular weight is 427 g/mol. The first-order chi connectivity index (χ1) is 13.7. The summed E-state index contributed by atoms with van der Waals surface area (Å²) in [5, 5.41) is 2.52. The van der Waals surface area contributed by atoms with E-state index in [0.29, 0.717) is 13.2 Å². The summed E-state index contributed by atoms with van der Waals surface area (Å²) in [6, 6.07) is 8.91. The summed E-state index contributed by atoms with van der Waals surface area (Å²) >= 11 is 0. The zero-order chi connectivity index (χ0) is 20.6. The van der Waals surface area contributed by atoms with Gasteiger partial charge in [-0.1, -0.05) is 12.1 Å². The summed E-state index contributed by atoms with van der Waals surface area (Å²) in [5.41, 5.74) is -0.616. The third-order valence-corrected chi connectivity index (χ3v) is 6.34. The number of fused-ring (bicyclic) bond motifs is 1. The number of morpholine rings is 1. The molecule has 2 aromatic carbocycles. The quantitative estimate of drug-likeness (QED) is 0.685. The Morgan fingerprint density at radius 2 is 1.79 bits per heavy atom. The van der Waals surface area contributed by atoms with Gasteiger partial charge in [0.25, 0.3) is 6.01 Å². The lowest BCUT2D eigenvalue weighted by atomic mass is 10.2. The zero-order valence-electron chi connectivity index (χ0n) is 14.9. The third-order valence-electron chi connectivity index (χ3n) is 4.44. The first-order valence-electron chi connectivity index (χ1n) is 8.67. The van der Waals surface area contributed by atoms with Crippen molar-refractivity contribution in [1.82, 2.24) is 9.29 Å². The van der Waals surface area contributed by atoms with Gasteiger partial charge in [0, 0.05) is 13.1 Å². The number of benzene rings is 2. The van der Waals surface area contributed by atoms with Crippen LogP contribution in [0, 0.1) is 0 Å². The largest absolute Gasteiger partial charge is 0.423 e. The lowest BCUT2D eigenvalue weighted by Crippen LogP contribution is -2.40. The fourth-order valence-electron chi connectivity index (χ4n) is 3.01. The van der Waals surface area contributed by atoms with Crippen LogP contribution in [0.15, 0.2) is 51.8 Å². The van der Waals surface area contributed by atoms with E-state index in [1.54, 1.807) is 0 Å². The molecule has 1 aromatic heterocycles. The standard InChI is InChI=1S/C18H16F3N3O4S/c19-18(20,21)13-3-1-2-4-14(13)22-17-23-15-11-12(5-6-16(15)28-17)29(25,26)24-7-9-27-10-8-24/h1-6,11H,7-10H2,(H,22,23). The normalized spacial score (nSPS) is 16.2. The van der Waals surface area contributed by atoms with Gasteiger partial charge in [-0.2, -0.15) is 22.5 Å². The van der Waals surface area contributed by atoms with Crippen molar-refractivity contribution in [3.8, 4) is 0 Å². The highest BCUT2D eigenvalue weighted by atomic mass is 32.2. The van der Waals surface area contributed by atoms with Gasteiger partial charge in [-0.15, -0.1) is 0 Å². The van der Waals surface area contributed by atoms with E-state index in [1.165, 1.54) is 40.7 Å². The second-order valence-electron chi connectivity index (χ2n) is 6.33. The van der Waals surface area contributed by atoms with Crippen LogP contribution >= 0.6 is 0 Å². The van der Waals surface area contributed by atoms with Crippen molar-refractivity contribution in [3.63, 3.8) is 0 Å². The summed E-state index contributed by atoms with van der Waals surface area (Å²) in [4.78, 5) is 4.13. The number of aromatic nitrogens is 1. The molecule has 11 heteroatoms. The number of oxazole rings is 1. The molecule has 29 heavy (non-hydrogen) atoms. The third kappa shape index (κ3) is 3.93. The molecular weight excluding hydrogens is 411 g/mol. The lowest BCUT2D eigenvalue weighted by molar-refractivity contribution is -0.136. The van der Waals surface area contributed by atoms with Gasteiger partial charge in [0.2, 0.25) is 10.0 Å². The molecule has 1 aliphatic rings. The molecule has 0 saturated carbocycles. The fraction of sp³-hybridized carbons (Fsp3) is 0.278. The maximum absolute atomic E-state index is 13.1. The molecule has 0 bridgehead atoms. The molecule has 7 nitrogen and oxygen atoms in total. The maximum atomic E-state index is 13.1. The van der Waals surface area contributed by atoms with Crippen LogP contribution in [-0.4, -0.2) is 44.0 Å². The summed E-state index contributed by atoms with van der Waals surface area (Å²) < 4.78 is 76.9. The van der Waals surface area contributed by atoms with Crippen molar-refractivity contribution >= 4 is 32.8 Å². The number of anilines is 2. The number of sulfonamides is 1. The van der Waals surface area contributed by atoms with Gasteiger partial charge >= 0.3 is 6.18 Å². The molecular formula is C18H16F3N3O4S. The highest BCUT2D eigenvalue weighted by molar-refractivity contribution is 7.89. The molecule has 0 spiro atoms. The molecule has 0 unspecified atom stereocenters. The summed E-state index contributed by atoms with van der Waals surface area (Å²) in [6.07, 6.45) is -4.55. The van der Waals surface area contributed by atoms with Gasteiger partial charge in [0.05, 0.1) is 29.4 Å². The van der Waals surface area contributed by atoms with Crippen LogP contribution in [0.2, 0.25) is 0 Å². The van der Waals surface area contributed by atoms with E-state index < -0.39 is 21.8 Å². The van der Waals surface area contributed by atoms with Crippen LogP contribution in [0.4, 0.5) is 24.9 Å². The maximum Gasteiger partial charge on any atom is 0.418 e. The van der Waals surface area contributed by atoms with E-state index >= 15 is 0 Å². The molecule has 3 aromatic rings. The average Bonchev–Trinajstić information content (AvgIpc) is 3.09. The van der Waals surface area contributed by atoms with E-state index in [1.807, 2.05) is 0 Å². The predicted molar refractivity (Wildman–Crippen MR) is 98.3 cm³/mol. The number of nitrogens with zero attached hydrogens (tertiary/aromatic N) is 2. The molecule has 1 aliphatic heterocycles. The first kappa shape index (κ1) is 19.7. The molecule has 0 atom stereocenters. The molecule has 4 rings (SSSR count). The van der Waals surface area contributed by atoms with E-state index in [2.05, 4.69) is 10.3 Å². The SMILES string of the molecule is O=S(=O)(c1ccc2oc(Nc3ccccc3C(F)(F)F)nc2c1)N1CCOCC1. The summed E-state index contributed by atoms with van der Waals surface area (Å²) in [7, 11) is -3.73. The fourth-order valence-corrected chi connectivity index (χ4v) is 4.44. The lowest BCUT2D eigenvalue weighted by Gasteiger charge is -2.25. The molecule has 1 saturated heterocycles. The van der Waals surface area contributed by atoms with Crippen molar-refractivity contribution in [1.29, 1.82) is 0 Å². The minimum Gasteiger partial charge on any atom is -0.423 e. The first-order valence-corrected chi connectivity index (χ1v) is 10.1. The number of hydrogen-bond donors (Lipinski definition) is 1. The van der Waals surface area contributed by atoms with Crippen LogP contribution in [0.1, 0.15) is 5.56 Å². The number of halogens is 3. The zero-order valence-corrected chi connectivity index (χ0v) is 15.8. The predicted octanol–water partition coefficient (Wildman–Crippen LogP) is 3.61. The Morgan fingerprint density at radius 1 is 1.07 bits per heavy atom. The molecule has 2 heterocycles. The Hall–Kier alpha value is -2.63. The molecule has 0 radical (unpaired) electrons. The monoisotopic (exact) mass is 427 g/mol. The van der Waals surface area contributed by atoms with Gasteiger partial charge in [-0.05, 0) is 30.3 Å². The Kier molecular flexibility index (Phi) is 4.97. The topological polar surface area (TPSA) is 84.7 Å². The van der Waals surface area contributed by atoms with Gasteiger partial charge in [-0.25, -0.2) is 8.42 Å². The van der Waals surface area contributed by atoms with Crippen molar-refractivity contribution in [2.24, 2.45) is 0 Å². The number of alkyl halides is 3. The number of para-hydroxylation sites is 1. The number of rotatable bonds is 4. The van der Waals surface area contributed by atoms with Crippen LogP contribution in [-0.2, 0) is 20.9 Å². The van der Waals surface area contributed by atoms with Crippen molar-refractivity contribution < 1.29 is 30.7 Å². The van der Waals surface area contributed by atoms with Crippen LogP contribution in [0.5, 0.6) is 0 Å². The van der Waals surface area contributed by atoms with Crippen LogP contribution in [0.25, 0.3) is 11.1 Å². The van der Waals surface area contributed by atoms with E-state index in [-0.39, 0.29) is 40.8 Å². The van der Waals surface area contributed by atoms with E-state index in [0.717, 1.165) is 6.07 Å². The van der Waals surface area contributed by atoms with Crippen LogP contribution < -0.4 is 5.32 Å². The van der Waals surface area contributed by atoms with E-state index in [9.17, 15) is 21.6 Å². The molecule has 1 N–H and O–H groups in total. The minimum absolute atomic E-state index is 0.0300. The van der Waals surface area contributed by atoms with Crippen molar-refractivity contribution in [2.45, 2.75) is 11.1 Å². The van der Waals surface area contributed by atoms with Gasteiger partial charge in [-0.3, -0.25) is 0 Å². The molecule has 154 valence electrons. The molecule has 1 fully saturated rings. The van der Waals surface area contributed by atoms with E-state index in [4.69, 9.17) is 9.15 Å². The van der Waals surface area contributed by atoms with Gasteiger partial charge in [0.1, 0.15) is 5.52 Å². The molecule has 0 amide bonds.